The van der Waals surface area contributed by atoms with Gasteiger partial charge in [0.25, 0.3) is 0 Å². The summed E-state index contributed by atoms with van der Waals surface area (Å²) in [6.07, 6.45) is 2.18. The number of ketones is 1. The van der Waals surface area contributed by atoms with Crippen LogP contribution in [0.2, 0.25) is 0 Å². The summed E-state index contributed by atoms with van der Waals surface area (Å²) in [6.45, 7) is 0. The normalized spacial score (nSPS) is 11.4. The first-order valence-electron chi connectivity index (χ1n) is 16.2. The second-order valence-electron chi connectivity index (χ2n) is 12.2. The van der Waals surface area contributed by atoms with Crippen molar-refractivity contribution < 1.29 is 4.79 Å². The van der Waals surface area contributed by atoms with Gasteiger partial charge >= 0.3 is 0 Å². The molecule has 0 bridgehead atoms. The predicted molar refractivity (Wildman–Crippen MR) is 198 cm³/mol. The SMILES string of the molecule is O=C(c1ccccc1)c1cccc(-n2c3ccccc3c3ccc4c(ccn4-c4cc(-c5ccccc5)cc(-c5ccccc5)c4)c32)c1. The van der Waals surface area contributed by atoms with Gasteiger partial charge in [0, 0.05) is 44.9 Å². The average Bonchev–Trinajstić information content (AvgIpc) is 3.75. The molecule has 0 aliphatic heterocycles. The van der Waals surface area contributed by atoms with Crippen LogP contribution in [0.3, 0.4) is 0 Å². The largest absolute Gasteiger partial charge is 0.316 e. The van der Waals surface area contributed by atoms with E-state index < -0.39 is 0 Å². The number of carbonyl (C=O) groups excluding carboxylic acids is 1. The first-order chi connectivity index (χ1) is 23.7. The van der Waals surface area contributed by atoms with Crippen molar-refractivity contribution >= 4 is 38.5 Å². The highest BCUT2D eigenvalue weighted by Gasteiger charge is 2.19. The molecule has 48 heavy (non-hydrogen) atoms. The topological polar surface area (TPSA) is 26.9 Å². The van der Waals surface area contributed by atoms with Gasteiger partial charge in [-0.1, -0.05) is 127 Å². The molecule has 0 aliphatic rings. The highest BCUT2D eigenvalue weighted by Crippen LogP contribution is 2.39. The van der Waals surface area contributed by atoms with Gasteiger partial charge in [0.15, 0.2) is 5.78 Å². The van der Waals surface area contributed by atoms with Crippen molar-refractivity contribution in [3.05, 3.63) is 193 Å². The van der Waals surface area contributed by atoms with Crippen molar-refractivity contribution in [2.24, 2.45) is 0 Å². The Bertz CT molecular complexity index is 2550. The fourth-order valence-corrected chi connectivity index (χ4v) is 7.06. The summed E-state index contributed by atoms with van der Waals surface area (Å²) in [5.41, 5.74) is 11.5. The fraction of sp³-hybridized carbons (Fsp3) is 0. The van der Waals surface area contributed by atoms with Crippen molar-refractivity contribution in [2.45, 2.75) is 0 Å². The molecule has 7 aromatic carbocycles. The third-order valence-corrected chi connectivity index (χ3v) is 9.32. The monoisotopic (exact) mass is 614 g/mol. The lowest BCUT2D eigenvalue weighted by Crippen LogP contribution is -2.03. The number of fused-ring (bicyclic) bond motifs is 5. The van der Waals surface area contributed by atoms with E-state index in [4.69, 9.17) is 0 Å². The summed E-state index contributed by atoms with van der Waals surface area (Å²) in [5, 5.41) is 3.51. The first kappa shape index (κ1) is 27.8. The van der Waals surface area contributed by atoms with Crippen LogP contribution >= 0.6 is 0 Å². The van der Waals surface area contributed by atoms with Crippen molar-refractivity contribution in [3.63, 3.8) is 0 Å². The summed E-state index contributed by atoms with van der Waals surface area (Å²) in [4.78, 5) is 13.5. The van der Waals surface area contributed by atoms with Crippen LogP contribution in [-0.4, -0.2) is 14.9 Å². The Morgan fingerprint density at radius 3 is 1.73 bits per heavy atom. The zero-order valence-corrected chi connectivity index (χ0v) is 26.1. The molecule has 2 aromatic heterocycles. The molecule has 0 aliphatic carbocycles. The van der Waals surface area contributed by atoms with E-state index in [1.165, 1.54) is 33.0 Å². The molecule has 0 amide bonds. The van der Waals surface area contributed by atoms with Crippen molar-refractivity contribution in [2.75, 3.05) is 0 Å². The van der Waals surface area contributed by atoms with E-state index in [0.29, 0.717) is 11.1 Å². The minimum atomic E-state index is 0.0158. The summed E-state index contributed by atoms with van der Waals surface area (Å²) >= 11 is 0. The standard InChI is InChI=1S/C45H30N2O/c48-45(33-17-8-3-9-18-33)34-19-12-20-37(28-34)47-43-22-11-10-21-39(43)40-23-24-42-41(44(40)47)25-26-46(42)38-29-35(31-13-4-1-5-14-31)27-36(30-38)32-15-6-2-7-16-32/h1-30H. The minimum Gasteiger partial charge on any atom is -0.316 e. The Hall–Kier alpha value is -6.45. The van der Waals surface area contributed by atoms with Gasteiger partial charge in [-0.15, -0.1) is 0 Å². The van der Waals surface area contributed by atoms with Gasteiger partial charge in [-0.2, -0.15) is 0 Å². The van der Waals surface area contributed by atoms with E-state index >= 15 is 0 Å². The Kier molecular flexibility index (Phi) is 6.62. The Morgan fingerprint density at radius 2 is 1.02 bits per heavy atom. The summed E-state index contributed by atoms with van der Waals surface area (Å²) in [7, 11) is 0. The average molecular weight is 615 g/mol. The summed E-state index contributed by atoms with van der Waals surface area (Å²) in [6, 6.07) is 60.7. The van der Waals surface area contributed by atoms with E-state index in [1.54, 1.807) is 0 Å². The molecule has 0 saturated heterocycles. The Balaban J connectivity index is 1.27. The van der Waals surface area contributed by atoms with E-state index in [1.807, 2.05) is 48.5 Å². The molecular weight excluding hydrogens is 585 g/mol. The molecule has 226 valence electrons. The second kappa shape index (κ2) is 11.4. The molecule has 0 unspecified atom stereocenters. The zero-order valence-electron chi connectivity index (χ0n) is 26.1. The molecular formula is C45H30N2O. The van der Waals surface area contributed by atoms with Gasteiger partial charge in [0.1, 0.15) is 0 Å². The van der Waals surface area contributed by atoms with E-state index in [9.17, 15) is 4.79 Å². The third-order valence-electron chi connectivity index (χ3n) is 9.32. The number of hydrogen-bond donors (Lipinski definition) is 0. The number of nitrogens with zero attached hydrogens (tertiary/aromatic N) is 2. The lowest BCUT2D eigenvalue weighted by molar-refractivity contribution is 0.103. The van der Waals surface area contributed by atoms with E-state index in [2.05, 4.69) is 143 Å². The van der Waals surface area contributed by atoms with Gasteiger partial charge in [0.05, 0.1) is 16.6 Å². The molecule has 3 nitrogen and oxygen atoms in total. The van der Waals surface area contributed by atoms with Gasteiger partial charge in [-0.25, -0.2) is 0 Å². The minimum absolute atomic E-state index is 0.0158. The number of carbonyl (C=O) groups is 1. The third kappa shape index (κ3) is 4.64. The molecule has 3 heteroatoms. The van der Waals surface area contributed by atoms with E-state index in [0.717, 1.165) is 33.3 Å². The maximum absolute atomic E-state index is 13.5. The van der Waals surface area contributed by atoms with E-state index in [-0.39, 0.29) is 5.78 Å². The molecule has 9 rings (SSSR count). The summed E-state index contributed by atoms with van der Waals surface area (Å²) < 4.78 is 4.61. The molecule has 0 atom stereocenters. The smallest absolute Gasteiger partial charge is 0.193 e. The number of rotatable bonds is 6. The van der Waals surface area contributed by atoms with Crippen LogP contribution in [0.5, 0.6) is 0 Å². The van der Waals surface area contributed by atoms with Crippen LogP contribution < -0.4 is 0 Å². The molecule has 0 fully saturated rings. The molecule has 2 heterocycles. The first-order valence-corrected chi connectivity index (χ1v) is 16.2. The quantitative estimate of drug-likeness (QED) is 0.171. The van der Waals surface area contributed by atoms with Crippen LogP contribution in [0, 0.1) is 0 Å². The highest BCUT2D eigenvalue weighted by molar-refractivity contribution is 6.18. The van der Waals surface area contributed by atoms with Crippen molar-refractivity contribution in [1.82, 2.24) is 9.13 Å². The highest BCUT2D eigenvalue weighted by atomic mass is 16.1. The zero-order chi connectivity index (χ0) is 32.0. The van der Waals surface area contributed by atoms with Crippen LogP contribution in [0.15, 0.2) is 182 Å². The van der Waals surface area contributed by atoms with Crippen LogP contribution in [0.4, 0.5) is 0 Å². The second-order valence-corrected chi connectivity index (χ2v) is 12.2. The Morgan fingerprint density at radius 1 is 0.396 bits per heavy atom. The van der Waals surface area contributed by atoms with Crippen LogP contribution in [0.1, 0.15) is 15.9 Å². The van der Waals surface area contributed by atoms with Crippen molar-refractivity contribution in [1.29, 1.82) is 0 Å². The van der Waals surface area contributed by atoms with Gasteiger partial charge < -0.3 is 9.13 Å². The molecule has 0 radical (unpaired) electrons. The van der Waals surface area contributed by atoms with Crippen molar-refractivity contribution in [3.8, 4) is 33.6 Å². The predicted octanol–water partition coefficient (Wildman–Crippen LogP) is 11.3. The maximum atomic E-state index is 13.5. The number of para-hydroxylation sites is 1. The number of aromatic nitrogens is 2. The molecule has 0 saturated carbocycles. The van der Waals surface area contributed by atoms with Crippen LogP contribution in [-0.2, 0) is 0 Å². The van der Waals surface area contributed by atoms with Gasteiger partial charge in [-0.3, -0.25) is 4.79 Å². The molecule has 0 N–H and O–H groups in total. The van der Waals surface area contributed by atoms with Gasteiger partial charge in [-0.05, 0) is 70.8 Å². The molecule has 9 aromatic rings. The Labute approximate surface area is 278 Å². The lowest BCUT2D eigenvalue weighted by Gasteiger charge is -2.13. The molecule has 0 spiro atoms. The lowest BCUT2D eigenvalue weighted by atomic mass is 9.98. The maximum Gasteiger partial charge on any atom is 0.193 e. The van der Waals surface area contributed by atoms with Gasteiger partial charge in [0.2, 0.25) is 0 Å². The number of hydrogen-bond acceptors (Lipinski definition) is 1. The van der Waals surface area contributed by atoms with Crippen LogP contribution in [0.25, 0.3) is 66.3 Å². The fourth-order valence-electron chi connectivity index (χ4n) is 7.06. The summed E-state index contributed by atoms with van der Waals surface area (Å²) in [5.74, 6) is 0.0158. The number of benzene rings is 7.